The number of amides is 1. The van der Waals surface area contributed by atoms with Crippen LogP contribution in [0.5, 0.6) is 0 Å². The zero-order valence-corrected chi connectivity index (χ0v) is 15.1. The van der Waals surface area contributed by atoms with Crippen LogP contribution in [0.4, 0.5) is 0 Å². The molecule has 6 nitrogen and oxygen atoms in total. The summed E-state index contributed by atoms with van der Waals surface area (Å²) in [6.45, 7) is 1.47. The van der Waals surface area contributed by atoms with Crippen LogP contribution in [-0.2, 0) is 24.3 Å². The summed E-state index contributed by atoms with van der Waals surface area (Å²) in [6, 6.07) is 15.9. The summed E-state index contributed by atoms with van der Waals surface area (Å²) < 4.78 is 0.990. The number of halogens is 1. The van der Waals surface area contributed by atoms with E-state index in [0.29, 0.717) is 12.4 Å². The average Bonchev–Trinajstić information content (AvgIpc) is 3.10. The summed E-state index contributed by atoms with van der Waals surface area (Å²) in [7, 11) is 0. The molecule has 2 aromatic carbocycles. The summed E-state index contributed by atoms with van der Waals surface area (Å²) in [4.78, 5) is 15.8. The summed E-state index contributed by atoms with van der Waals surface area (Å²) >= 11 is 3.40. The number of benzene rings is 2. The second-order valence-corrected chi connectivity index (χ2v) is 6.90. The molecule has 1 aromatic heterocycles. The lowest BCUT2D eigenvalue weighted by Gasteiger charge is -2.28. The van der Waals surface area contributed by atoms with Gasteiger partial charge in [0.05, 0.1) is 0 Å². The first kappa shape index (κ1) is 16.0. The van der Waals surface area contributed by atoms with Crippen molar-refractivity contribution in [3.63, 3.8) is 0 Å². The van der Waals surface area contributed by atoms with Gasteiger partial charge in [-0.2, -0.15) is 4.80 Å². The largest absolute Gasteiger partial charge is 0.336 e. The number of nitrogens with zero attached hydrogens (tertiary/aromatic N) is 5. The van der Waals surface area contributed by atoms with Crippen LogP contribution < -0.4 is 0 Å². The number of tetrazole rings is 1. The van der Waals surface area contributed by atoms with E-state index < -0.39 is 0 Å². The molecule has 0 bridgehead atoms. The highest BCUT2D eigenvalue weighted by Gasteiger charge is 2.21. The molecule has 1 amide bonds. The summed E-state index contributed by atoms with van der Waals surface area (Å²) in [6.07, 6.45) is 0.886. The van der Waals surface area contributed by atoms with Gasteiger partial charge in [-0.1, -0.05) is 40.2 Å². The Hall–Kier alpha value is -2.54. The molecule has 0 saturated heterocycles. The molecular weight excluding hydrogens is 382 g/mol. The van der Waals surface area contributed by atoms with Crippen LogP contribution in [0.3, 0.4) is 0 Å². The average molecular weight is 398 g/mol. The maximum Gasteiger partial charge on any atom is 0.246 e. The van der Waals surface area contributed by atoms with Gasteiger partial charge in [-0.05, 0) is 47.0 Å². The van der Waals surface area contributed by atoms with Crippen molar-refractivity contribution in [3.05, 3.63) is 64.1 Å². The van der Waals surface area contributed by atoms with E-state index in [1.54, 1.807) is 0 Å². The summed E-state index contributed by atoms with van der Waals surface area (Å²) in [5.74, 6) is 0.526. The van der Waals surface area contributed by atoms with Crippen LogP contribution in [0, 0.1) is 0 Å². The number of hydrogen-bond donors (Lipinski definition) is 0. The molecule has 4 rings (SSSR count). The highest BCUT2D eigenvalue weighted by molar-refractivity contribution is 9.10. The van der Waals surface area contributed by atoms with E-state index in [4.69, 9.17) is 0 Å². The lowest BCUT2D eigenvalue weighted by Crippen LogP contribution is -2.38. The van der Waals surface area contributed by atoms with Crippen molar-refractivity contribution < 1.29 is 4.79 Å². The van der Waals surface area contributed by atoms with Crippen molar-refractivity contribution in [2.45, 2.75) is 19.5 Å². The number of fused-ring (bicyclic) bond motifs is 1. The maximum absolute atomic E-state index is 12.6. The molecule has 7 heteroatoms. The van der Waals surface area contributed by atoms with E-state index in [1.165, 1.54) is 15.9 Å². The third-order valence-electron chi connectivity index (χ3n) is 4.32. The van der Waals surface area contributed by atoms with Crippen molar-refractivity contribution in [3.8, 4) is 11.4 Å². The maximum atomic E-state index is 12.6. The van der Waals surface area contributed by atoms with E-state index in [2.05, 4.69) is 43.5 Å². The van der Waals surface area contributed by atoms with Crippen LogP contribution >= 0.6 is 15.9 Å². The summed E-state index contributed by atoms with van der Waals surface area (Å²) in [5.41, 5.74) is 3.40. The number of carbonyl (C=O) groups is 1. The first-order chi connectivity index (χ1) is 12.2. The van der Waals surface area contributed by atoms with Gasteiger partial charge in [0.2, 0.25) is 11.7 Å². The molecule has 126 valence electrons. The fourth-order valence-electron chi connectivity index (χ4n) is 2.95. The standard InChI is InChI=1S/C18H16BrN5O/c19-16-7-5-14(6-8-16)18-20-22-24(21-18)12-17(25)23-10-9-13-3-1-2-4-15(13)11-23/h1-8H,9-12H2. The predicted molar refractivity (Wildman–Crippen MR) is 96.5 cm³/mol. The number of aromatic nitrogens is 4. The minimum atomic E-state index is 0.00857. The van der Waals surface area contributed by atoms with Crippen LogP contribution in [-0.4, -0.2) is 37.6 Å². The Morgan fingerprint density at radius 2 is 1.84 bits per heavy atom. The van der Waals surface area contributed by atoms with Gasteiger partial charge in [-0.15, -0.1) is 10.2 Å². The summed E-state index contributed by atoms with van der Waals surface area (Å²) in [5, 5.41) is 12.4. The Labute approximate surface area is 153 Å². The van der Waals surface area contributed by atoms with Crippen LogP contribution in [0.1, 0.15) is 11.1 Å². The SMILES string of the molecule is O=C(Cn1nnc(-c2ccc(Br)cc2)n1)N1CCc2ccccc2C1. The minimum Gasteiger partial charge on any atom is -0.336 e. The number of rotatable bonds is 3. The normalized spacial score (nSPS) is 13.6. The molecule has 0 radical (unpaired) electrons. The zero-order chi connectivity index (χ0) is 17.2. The molecule has 1 aliphatic heterocycles. The van der Waals surface area contributed by atoms with Crippen molar-refractivity contribution in [2.24, 2.45) is 0 Å². The molecule has 0 unspecified atom stereocenters. The minimum absolute atomic E-state index is 0.00857. The highest BCUT2D eigenvalue weighted by atomic mass is 79.9. The smallest absolute Gasteiger partial charge is 0.246 e. The van der Waals surface area contributed by atoms with E-state index in [9.17, 15) is 4.79 Å². The molecule has 0 spiro atoms. The van der Waals surface area contributed by atoms with Gasteiger partial charge in [0, 0.05) is 23.1 Å². The lowest BCUT2D eigenvalue weighted by atomic mass is 10.00. The molecule has 0 atom stereocenters. The first-order valence-electron chi connectivity index (χ1n) is 8.07. The first-order valence-corrected chi connectivity index (χ1v) is 8.86. The van der Waals surface area contributed by atoms with Crippen molar-refractivity contribution in [2.75, 3.05) is 6.54 Å². The molecule has 3 aromatic rings. The predicted octanol–water partition coefficient (Wildman–Crippen LogP) is 2.69. The second-order valence-electron chi connectivity index (χ2n) is 5.98. The molecular formula is C18H16BrN5O. The van der Waals surface area contributed by atoms with E-state index in [-0.39, 0.29) is 12.5 Å². The molecule has 2 heterocycles. The Kier molecular flexibility index (Phi) is 4.31. The van der Waals surface area contributed by atoms with Crippen LogP contribution in [0.2, 0.25) is 0 Å². The zero-order valence-electron chi connectivity index (χ0n) is 13.5. The molecule has 0 saturated carbocycles. The van der Waals surface area contributed by atoms with Crippen molar-refractivity contribution >= 4 is 21.8 Å². The monoisotopic (exact) mass is 397 g/mol. The molecule has 0 N–H and O–H groups in total. The lowest BCUT2D eigenvalue weighted by molar-refractivity contribution is -0.133. The van der Waals surface area contributed by atoms with Gasteiger partial charge in [0.25, 0.3) is 0 Å². The Morgan fingerprint density at radius 3 is 2.64 bits per heavy atom. The van der Waals surface area contributed by atoms with Gasteiger partial charge < -0.3 is 4.90 Å². The van der Waals surface area contributed by atoms with Crippen molar-refractivity contribution in [1.29, 1.82) is 0 Å². The Balaban J connectivity index is 1.44. The fourth-order valence-corrected chi connectivity index (χ4v) is 3.22. The molecule has 0 aliphatic carbocycles. The van der Waals surface area contributed by atoms with Gasteiger partial charge in [-0.25, -0.2) is 0 Å². The van der Waals surface area contributed by atoms with Crippen LogP contribution in [0.25, 0.3) is 11.4 Å². The highest BCUT2D eigenvalue weighted by Crippen LogP contribution is 2.19. The quantitative estimate of drug-likeness (QED) is 0.681. The number of carbonyl (C=O) groups excluding carboxylic acids is 1. The topological polar surface area (TPSA) is 63.9 Å². The second kappa shape index (κ2) is 6.76. The van der Waals surface area contributed by atoms with E-state index in [1.807, 2.05) is 41.3 Å². The third kappa shape index (κ3) is 3.46. The van der Waals surface area contributed by atoms with Crippen LogP contribution in [0.15, 0.2) is 53.0 Å². The number of hydrogen-bond acceptors (Lipinski definition) is 4. The van der Waals surface area contributed by atoms with E-state index in [0.717, 1.165) is 23.0 Å². The molecule has 25 heavy (non-hydrogen) atoms. The Morgan fingerprint density at radius 1 is 1.08 bits per heavy atom. The van der Waals surface area contributed by atoms with Gasteiger partial charge in [0.15, 0.2) is 0 Å². The van der Waals surface area contributed by atoms with Crippen molar-refractivity contribution in [1.82, 2.24) is 25.1 Å². The van der Waals surface area contributed by atoms with Gasteiger partial charge >= 0.3 is 0 Å². The molecule has 1 aliphatic rings. The molecule has 0 fully saturated rings. The van der Waals surface area contributed by atoms with Gasteiger partial charge in [-0.3, -0.25) is 4.79 Å². The third-order valence-corrected chi connectivity index (χ3v) is 4.84. The van der Waals surface area contributed by atoms with E-state index >= 15 is 0 Å². The fraction of sp³-hybridized carbons (Fsp3) is 0.222. The van der Waals surface area contributed by atoms with Gasteiger partial charge in [0.1, 0.15) is 6.54 Å². The Bertz CT molecular complexity index is 906.